The molecule has 0 amide bonds. The third-order valence-corrected chi connectivity index (χ3v) is 5.74. The minimum absolute atomic E-state index is 0.167. The van der Waals surface area contributed by atoms with Crippen LogP contribution in [0.1, 0.15) is 39.5 Å². The number of carboxylic acids is 1. The Kier molecular flexibility index (Phi) is 6.01. The second-order valence-corrected chi connectivity index (χ2v) is 7.74. The number of rotatable bonds is 7. The van der Waals surface area contributed by atoms with E-state index in [-0.39, 0.29) is 17.6 Å². The van der Waals surface area contributed by atoms with Gasteiger partial charge in [0.1, 0.15) is 17.6 Å². The number of hydrogen-bond donors (Lipinski definition) is 2. The van der Waals surface area contributed by atoms with Crippen molar-refractivity contribution >= 4 is 23.3 Å². The fourth-order valence-corrected chi connectivity index (χ4v) is 4.21. The summed E-state index contributed by atoms with van der Waals surface area (Å²) in [6.07, 6.45) is 1.76. The number of aromatic carboxylic acids is 1. The van der Waals surface area contributed by atoms with E-state index in [1.165, 1.54) is 0 Å². The molecule has 2 atom stereocenters. The lowest BCUT2D eigenvalue weighted by Crippen LogP contribution is -2.32. The molecule has 0 unspecified atom stereocenters. The highest BCUT2D eigenvalue weighted by molar-refractivity contribution is 7.80. The van der Waals surface area contributed by atoms with Crippen LogP contribution in [0.3, 0.4) is 0 Å². The fraction of sp³-hybridized carbons (Fsp3) is 0.261. The van der Waals surface area contributed by atoms with Gasteiger partial charge in [0.25, 0.3) is 0 Å². The van der Waals surface area contributed by atoms with Crippen LogP contribution in [0.25, 0.3) is 11.3 Å². The van der Waals surface area contributed by atoms with Gasteiger partial charge in [-0.1, -0.05) is 12.1 Å². The SMILES string of the molecule is COCCN1C(=S)N[C@@H](c2ccccn2)[C@@H]1c1ccc(-c2ccc(C(=O)O)cc2C)o1. The van der Waals surface area contributed by atoms with Crippen LogP contribution in [0.4, 0.5) is 0 Å². The van der Waals surface area contributed by atoms with E-state index in [1.807, 2.05) is 37.3 Å². The van der Waals surface area contributed by atoms with Crippen molar-refractivity contribution in [1.29, 1.82) is 0 Å². The Hall–Kier alpha value is -3.23. The summed E-state index contributed by atoms with van der Waals surface area (Å²) in [7, 11) is 1.66. The van der Waals surface area contributed by atoms with Crippen molar-refractivity contribution in [3.63, 3.8) is 0 Å². The topological polar surface area (TPSA) is 87.8 Å². The maximum Gasteiger partial charge on any atom is 0.335 e. The van der Waals surface area contributed by atoms with Crippen LogP contribution in [-0.2, 0) is 4.74 Å². The summed E-state index contributed by atoms with van der Waals surface area (Å²) in [6.45, 7) is 3.01. The van der Waals surface area contributed by atoms with Crippen LogP contribution in [-0.4, -0.2) is 46.3 Å². The van der Waals surface area contributed by atoms with Gasteiger partial charge < -0.3 is 24.5 Å². The number of carbonyl (C=O) groups is 1. The second kappa shape index (κ2) is 8.87. The second-order valence-electron chi connectivity index (χ2n) is 7.35. The molecule has 1 aromatic carbocycles. The first-order chi connectivity index (χ1) is 15.0. The van der Waals surface area contributed by atoms with Crippen molar-refractivity contribution in [3.05, 3.63) is 77.3 Å². The Labute approximate surface area is 185 Å². The number of aryl methyl sites for hydroxylation is 1. The van der Waals surface area contributed by atoms with E-state index in [0.29, 0.717) is 24.0 Å². The fourth-order valence-electron chi connectivity index (χ4n) is 3.87. The summed E-state index contributed by atoms with van der Waals surface area (Å²) in [4.78, 5) is 17.8. The molecule has 4 rings (SSSR count). The van der Waals surface area contributed by atoms with E-state index in [0.717, 1.165) is 22.6 Å². The van der Waals surface area contributed by atoms with E-state index in [1.54, 1.807) is 31.5 Å². The zero-order valence-corrected chi connectivity index (χ0v) is 18.1. The van der Waals surface area contributed by atoms with Gasteiger partial charge in [0.2, 0.25) is 0 Å². The number of nitrogens with zero attached hydrogens (tertiary/aromatic N) is 2. The van der Waals surface area contributed by atoms with Crippen molar-refractivity contribution in [2.75, 3.05) is 20.3 Å². The first-order valence-electron chi connectivity index (χ1n) is 9.90. The molecule has 3 aromatic rings. The summed E-state index contributed by atoms with van der Waals surface area (Å²) in [5, 5.41) is 13.2. The van der Waals surface area contributed by atoms with Crippen LogP contribution in [0.5, 0.6) is 0 Å². The van der Waals surface area contributed by atoms with Crippen LogP contribution in [0.2, 0.25) is 0 Å². The van der Waals surface area contributed by atoms with Gasteiger partial charge in [0, 0.05) is 25.4 Å². The van der Waals surface area contributed by atoms with Crippen molar-refractivity contribution in [2.45, 2.75) is 19.0 Å². The van der Waals surface area contributed by atoms with E-state index < -0.39 is 5.97 Å². The van der Waals surface area contributed by atoms with Crippen LogP contribution < -0.4 is 5.32 Å². The quantitative estimate of drug-likeness (QED) is 0.537. The van der Waals surface area contributed by atoms with Gasteiger partial charge in [-0.3, -0.25) is 4.98 Å². The molecular formula is C23H23N3O4S. The van der Waals surface area contributed by atoms with Gasteiger partial charge in [0.15, 0.2) is 5.11 Å². The number of pyridine rings is 1. The Morgan fingerprint density at radius 1 is 1.29 bits per heavy atom. The Morgan fingerprint density at radius 2 is 2.13 bits per heavy atom. The number of hydrogen-bond acceptors (Lipinski definition) is 5. The largest absolute Gasteiger partial charge is 0.478 e. The predicted octanol–water partition coefficient (Wildman–Crippen LogP) is 3.97. The summed E-state index contributed by atoms with van der Waals surface area (Å²) >= 11 is 5.60. The first-order valence-corrected chi connectivity index (χ1v) is 10.3. The molecule has 0 saturated carbocycles. The summed E-state index contributed by atoms with van der Waals surface area (Å²) in [6, 6.07) is 14.3. The number of furan rings is 1. The molecule has 0 spiro atoms. The highest BCUT2D eigenvalue weighted by Gasteiger charge is 2.41. The molecule has 1 saturated heterocycles. The lowest BCUT2D eigenvalue weighted by molar-refractivity contribution is 0.0696. The molecule has 160 valence electrons. The molecule has 2 aromatic heterocycles. The summed E-state index contributed by atoms with van der Waals surface area (Å²) in [5.74, 6) is 0.469. The number of carboxylic acid groups (broad SMARTS) is 1. The lowest BCUT2D eigenvalue weighted by Gasteiger charge is -2.25. The normalized spacial score (nSPS) is 18.3. The lowest BCUT2D eigenvalue weighted by atomic mass is 10.0. The van der Waals surface area contributed by atoms with E-state index in [4.69, 9.17) is 21.4 Å². The molecule has 0 aliphatic carbocycles. The minimum Gasteiger partial charge on any atom is -0.478 e. The first kappa shape index (κ1) is 21.0. The highest BCUT2D eigenvalue weighted by atomic mass is 32.1. The molecule has 8 heteroatoms. The molecule has 1 aliphatic rings. The van der Waals surface area contributed by atoms with Gasteiger partial charge in [-0.15, -0.1) is 0 Å². The van der Waals surface area contributed by atoms with Gasteiger partial charge in [-0.05, 0) is 61.1 Å². The number of nitrogens with one attached hydrogen (secondary N) is 1. The molecule has 7 nitrogen and oxygen atoms in total. The van der Waals surface area contributed by atoms with Gasteiger partial charge >= 0.3 is 5.97 Å². The van der Waals surface area contributed by atoms with E-state index in [2.05, 4.69) is 15.2 Å². The maximum absolute atomic E-state index is 11.2. The number of methoxy groups -OCH3 is 1. The van der Waals surface area contributed by atoms with Crippen molar-refractivity contribution in [3.8, 4) is 11.3 Å². The zero-order chi connectivity index (χ0) is 22.0. The Bertz CT molecular complexity index is 1100. The van der Waals surface area contributed by atoms with Crippen molar-refractivity contribution < 1.29 is 19.1 Å². The van der Waals surface area contributed by atoms with Crippen molar-refractivity contribution in [1.82, 2.24) is 15.2 Å². The average Bonchev–Trinajstić information content (AvgIpc) is 3.37. The predicted molar refractivity (Wildman–Crippen MR) is 120 cm³/mol. The Morgan fingerprint density at radius 3 is 2.81 bits per heavy atom. The van der Waals surface area contributed by atoms with Gasteiger partial charge in [-0.25, -0.2) is 4.79 Å². The molecule has 1 fully saturated rings. The Balaban J connectivity index is 1.71. The number of benzene rings is 1. The van der Waals surface area contributed by atoms with Gasteiger partial charge in [-0.2, -0.15) is 0 Å². The molecule has 0 bridgehead atoms. The smallest absolute Gasteiger partial charge is 0.335 e. The average molecular weight is 438 g/mol. The number of aromatic nitrogens is 1. The minimum atomic E-state index is -0.952. The van der Waals surface area contributed by atoms with Gasteiger partial charge in [0.05, 0.1) is 23.9 Å². The standard InChI is InChI=1S/C23H23N3O4S/c1-14-13-15(22(27)28)6-7-16(14)18-8-9-19(30-18)21-20(17-5-3-4-10-24-17)25-23(31)26(21)11-12-29-2/h3-10,13,20-21H,11-12H2,1-2H3,(H,25,31)(H,27,28)/t20-,21-/m0/s1. The highest BCUT2D eigenvalue weighted by Crippen LogP contribution is 2.40. The summed E-state index contributed by atoms with van der Waals surface area (Å²) in [5.41, 5.74) is 2.80. The number of ether oxygens (including phenoxy) is 1. The van der Waals surface area contributed by atoms with Crippen molar-refractivity contribution in [2.24, 2.45) is 0 Å². The molecule has 1 aliphatic heterocycles. The zero-order valence-electron chi connectivity index (χ0n) is 17.2. The molecule has 0 radical (unpaired) electrons. The molecule has 3 heterocycles. The molecule has 2 N–H and O–H groups in total. The molecular weight excluding hydrogens is 414 g/mol. The third kappa shape index (κ3) is 4.17. The van der Waals surface area contributed by atoms with Crippen LogP contribution in [0.15, 0.2) is 59.1 Å². The molecule has 31 heavy (non-hydrogen) atoms. The van der Waals surface area contributed by atoms with Crippen LogP contribution >= 0.6 is 12.2 Å². The third-order valence-electron chi connectivity index (χ3n) is 5.39. The maximum atomic E-state index is 11.2. The van der Waals surface area contributed by atoms with E-state index >= 15 is 0 Å². The van der Waals surface area contributed by atoms with Crippen LogP contribution in [0, 0.1) is 6.92 Å². The van der Waals surface area contributed by atoms with E-state index in [9.17, 15) is 9.90 Å². The summed E-state index contributed by atoms with van der Waals surface area (Å²) < 4.78 is 11.6. The number of thiocarbonyl (C=S) groups is 1. The monoisotopic (exact) mass is 437 g/mol.